The number of rotatable bonds is 10. The molecule has 3 aromatic rings. The molecule has 3 rings (SSSR count). The van der Waals surface area contributed by atoms with E-state index in [0.717, 1.165) is 5.75 Å². The minimum Gasteiger partial charge on any atom is -0.494 e. The van der Waals surface area contributed by atoms with E-state index in [9.17, 15) is 4.79 Å². The Morgan fingerprint density at radius 2 is 1.91 bits per heavy atom. The van der Waals surface area contributed by atoms with Crippen molar-refractivity contribution < 1.29 is 14.3 Å². The van der Waals surface area contributed by atoms with Crippen LogP contribution in [0.5, 0.6) is 11.5 Å². The number of hydrogen-bond donors (Lipinski definition) is 1. The molecule has 0 radical (unpaired) electrons. The van der Waals surface area contributed by atoms with Crippen LogP contribution < -0.4 is 14.8 Å². The number of ether oxygens (including phenoxy) is 2. The van der Waals surface area contributed by atoms with E-state index in [1.807, 2.05) is 37.5 Å². The first-order valence-electron chi connectivity index (χ1n) is 10.1. The number of benzene rings is 2. The number of hydrogen-bond acceptors (Lipinski definition) is 6. The van der Waals surface area contributed by atoms with Gasteiger partial charge in [-0.1, -0.05) is 35.0 Å². The van der Waals surface area contributed by atoms with Gasteiger partial charge in [0.15, 0.2) is 17.1 Å². The Hall–Kier alpha value is -2.42. The molecule has 1 heterocycles. The molecule has 1 aromatic heterocycles. The average molecular weight is 495 g/mol. The number of nitrogens with zero attached hydrogens (tertiary/aromatic N) is 3. The SMILES string of the molecule is CCOc1ccc(NC(=O)CSc2nnc(C(C)Oc3cc(Cl)ccc3Cl)n2CC)cc1. The summed E-state index contributed by atoms with van der Waals surface area (Å²) in [6.45, 7) is 6.99. The van der Waals surface area contributed by atoms with Crippen LogP contribution >= 0.6 is 35.0 Å². The first-order chi connectivity index (χ1) is 15.4. The third kappa shape index (κ3) is 6.31. The van der Waals surface area contributed by atoms with Gasteiger partial charge < -0.3 is 19.4 Å². The molecule has 170 valence electrons. The predicted octanol–water partition coefficient (Wildman–Crippen LogP) is 5.87. The zero-order valence-electron chi connectivity index (χ0n) is 18.0. The fourth-order valence-corrected chi connectivity index (χ4v) is 4.08. The summed E-state index contributed by atoms with van der Waals surface area (Å²) >= 11 is 13.6. The van der Waals surface area contributed by atoms with Crippen molar-refractivity contribution in [1.29, 1.82) is 0 Å². The Morgan fingerprint density at radius 1 is 1.16 bits per heavy atom. The van der Waals surface area contributed by atoms with Gasteiger partial charge in [0, 0.05) is 23.3 Å². The lowest BCUT2D eigenvalue weighted by Gasteiger charge is -2.16. The number of thioether (sulfide) groups is 1. The summed E-state index contributed by atoms with van der Waals surface area (Å²) in [4.78, 5) is 12.4. The molecule has 1 N–H and O–H groups in total. The smallest absolute Gasteiger partial charge is 0.234 e. The molecule has 10 heteroatoms. The van der Waals surface area contributed by atoms with Crippen molar-refractivity contribution in [2.75, 3.05) is 17.7 Å². The Balaban J connectivity index is 1.61. The average Bonchev–Trinajstić information content (AvgIpc) is 3.19. The zero-order chi connectivity index (χ0) is 23.1. The molecule has 0 fully saturated rings. The van der Waals surface area contributed by atoms with Crippen molar-refractivity contribution in [3.05, 3.63) is 58.3 Å². The Kier molecular flexibility index (Phi) is 8.67. The molecule has 2 aromatic carbocycles. The summed E-state index contributed by atoms with van der Waals surface area (Å²) in [5.41, 5.74) is 0.706. The van der Waals surface area contributed by atoms with Crippen molar-refractivity contribution in [2.45, 2.75) is 38.6 Å². The van der Waals surface area contributed by atoms with Crippen LogP contribution in [0.2, 0.25) is 10.0 Å². The van der Waals surface area contributed by atoms with Crippen molar-refractivity contribution in [3.8, 4) is 11.5 Å². The molecule has 32 heavy (non-hydrogen) atoms. The van der Waals surface area contributed by atoms with E-state index >= 15 is 0 Å². The summed E-state index contributed by atoms with van der Waals surface area (Å²) in [6.07, 6.45) is -0.412. The molecular formula is C22H24Cl2N4O3S. The summed E-state index contributed by atoms with van der Waals surface area (Å²) in [5.74, 6) is 1.93. The van der Waals surface area contributed by atoms with Gasteiger partial charge in [-0.25, -0.2) is 0 Å². The molecule has 0 saturated carbocycles. The van der Waals surface area contributed by atoms with Gasteiger partial charge in [-0.15, -0.1) is 10.2 Å². The minimum atomic E-state index is -0.412. The number of aromatic nitrogens is 3. The first kappa shape index (κ1) is 24.2. The molecule has 1 amide bonds. The van der Waals surface area contributed by atoms with E-state index in [2.05, 4.69) is 15.5 Å². The number of carbonyl (C=O) groups excluding carboxylic acids is 1. The Bertz CT molecular complexity index is 1060. The molecule has 1 unspecified atom stereocenters. The van der Waals surface area contributed by atoms with Crippen LogP contribution in [0.1, 0.15) is 32.7 Å². The van der Waals surface area contributed by atoms with Gasteiger partial charge in [0.25, 0.3) is 0 Å². The lowest BCUT2D eigenvalue weighted by Crippen LogP contribution is -2.15. The number of amides is 1. The van der Waals surface area contributed by atoms with Gasteiger partial charge in [-0.3, -0.25) is 4.79 Å². The normalized spacial score (nSPS) is 11.8. The van der Waals surface area contributed by atoms with Crippen LogP contribution in [-0.4, -0.2) is 33.0 Å². The van der Waals surface area contributed by atoms with E-state index in [1.54, 1.807) is 30.3 Å². The molecule has 0 aliphatic rings. The van der Waals surface area contributed by atoms with Gasteiger partial charge in [0.05, 0.1) is 17.4 Å². The van der Waals surface area contributed by atoms with Gasteiger partial charge in [-0.2, -0.15) is 0 Å². The maximum absolute atomic E-state index is 12.4. The lowest BCUT2D eigenvalue weighted by atomic mass is 10.3. The second-order valence-electron chi connectivity index (χ2n) is 6.71. The molecular weight excluding hydrogens is 471 g/mol. The van der Waals surface area contributed by atoms with Gasteiger partial charge in [0.1, 0.15) is 11.5 Å². The summed E-state index contributed by atoms with van der Waals surface area (Å²) in [5, 5.41) is 13.0. The molecule has 0 aliphatic heterocycles. The Labute approximate surface area is 201 Å². The maximum atomic E-state index is 12.4. The predicted molar refractivity (Wildman–Crippen MR) is 128 cm³/mol. The third-order valence-corrected chi connectivity index (χ3v) is 5.92. The maximum Gasteiger partial charge on any atom is 0.234 e. The van der Waals surface area contributed by atoms with Crippen molar-refractivity contribution in [2.24, 2.45) is 0 Å². The van der Waals surface area contributed by atoms with Crippen LogP contribution in [0.25, 0.3) is 0 Å². The van der Waals surface area contributed by atoms with Crippen molar-refractivity contribution >= 4 is 46.6 Å². The zero-order valence-corrected chi connectivity index (χ0v) is 20.3. The summed E-state index contributed by atoms with van der Waals surface area (Å²) in [6, 6.07) is 12.3. The highest BCUT2D eigenvalue weighted by molar-refractivity contribution is 7.99. The first-order valence-corrected chi connectivity index (χ1v) is 11.9. The number of nitrogens with one attached hydrogen (secondary N) is 1. The molecule has 0 spiro atoms. The number of carbonyl (C=O) groups is 1. The largest absolute Gasteiger partial charge is 0.494 e. The highest BCUT2D eigenvalue weighted by Crippen LogP contribution is 2.32. The fourth-order valence-electron chi connectivity index (χ4n) is 2.94. The number of halogens is 2. The summed E-state index contributed by atoms with van der Waals surface area (Å²) < 4.78 is 13.3. The fraction of sp³-hybridized carbons (Fsp3) is 0.318. The minimum absolute atomic E-state index is 0.138. The van der Waals surface area contributed by atoms with Crippen LogP contribution in [0.4, 0.5) is 5.69 Å². The van der Waals surface area contributed by atoms with Crippen LogP contribution in [-0.2, 0) is 11.3 Å². The van der Waals surface area contributed by atoms with E-state index in [4.69, 9.17) is 32.7 Å². The second-order valence-corrected chi connectivity index (χ2v) is 8.50. The quantitative estimate of drug-likeness (QED) is 0.354. The Morgan fingerprint density at radius 3 is 2.59 bits per heavy atom. The van der Waals surface area contributed by atoms with Gasteiger partial charge >= 0.3 is 0 Å². The van der Waals surface area contributed by atoms with Crippen molar-refractivity contribution in [1.82, 2.24) is 14.8 Å². The molecule has 0 saturated heterocycles. The third-order valence-electron chi connectivity index (χ3n) is 4.40. The van der Waals surface area contributed by atoms with E-state index in [-0.39, 0.29) is 11.7 Å². The summed E-state index contributed by atoms with van der Waals surface area (Å²) in [7, 11) is 0. The van der Waals surface area contributed by atoms with Gasteiger partial charge in [-0.05, 0) is 57.2 Å². The molecule has 0 aliphatic carbocycles. The molecule has 0 bridgehead atoms. The topological polar surface area (TPSA) is 78.3 Å². The standard InChI is InChI=1S/C22H24Cl2N4O3S/c1-4-28-21(14(3)31-19-12-15(23)6-11-18(19)24)26-27-22(28)32-13-20(29)25-16-7-9-17(10-8-16)30-5-2/h6-12,14H,4-5,13H2,1-3H3,(H,25,29). The van der Waals surface area contributed by atoms with Crippen LogP contribution in [0.15, 0.2) is 47.6 Å². The van der Waals surface area contributed by atoms with E-state index in [0.29, 0.717) is 45.6 Å². The van der Waals surface area contributed by atoms with E-state index in [1.165, 1.54) is 11.8 Å². The second kappa shape index (κ2) is 11.4. The lowest BCUT2D eigenvalue weighted by molar-refractivity contribution is -0.113. The van der Waals surface area contributed by atoms with Gasteiger partial charge in [0.2, 0.25) is 5.91 Å². The highest BCUT2D eigenvalue weighted by Gasteiger charge is 2.20. The monoisotopic (exact) mass is 494 g/mol. The van der Waals surface area contributed by atoms with Crippen LogP contribution in [0, 0.1) is 0 Å². The van der Waals surface area contributed by atoms with E-state index < -0.39 is 6.10 Å². The van der Waals surface area contributed by atoms with Crippen molar-refractivity contribution in [3.63, 3.8) is 0 Å². The molecule has 1 atom stereocenters. The molecule has 7 nitrogen and oxygen atoms in total. The van der Waals surface area contributed by atoms with Crippen LogP contribution in [0.3, 0.4) is 0 Å². The highest BCUT2D eigenvalue weighted by atomic mass is 35.5. The number of anilines is 1.